The third-order valence-electron chi connectivity index (χ3n) is 2.81. The van der Waals surface area contributed by atoms with Gasteiger partial charge in [-0.15, -0.1) is 0 Å². The Morgan fingerprint density at radius 2 is 2.21 bits per heavy atom. The minimum absolute atomic E-state index is 0.265. The first-order valence-electron chi connectivity index (χ1n) is 6.45. The molecule has 0 saturated carbocycles. The standard InChI is InChI=1S/C13H19N3O3/c1-16(7-3-2-4-8-17)10-12-14-13(19-15-12)11-6-5-9-18-11/h5-6,9,17H,2-4,7-8,10H2,1H3. The van der Waals surface area contributed by atoms with Gasteiger partial charge in [0.05, 0.1) is 12.8 Å². The van der Waals surface area contributed by atoms with Crippen molar-refractivity contribution in [2.75, 3.05) is 20.2 Å². The van der Waals surface area contributed by atoms with Crippen molar-refractivity contribution >= 4 is 0 Å². The molecule has 2 heterocycles. The van der Waals surface area contributed by atoms with Gasteiger partial charge < -0.3 is 14.0 Å². The van der Waals surface area contributed by atoms with E-state index in [1.807, 2.05) is 7.05 Å². The lowest BCUT2D eigenvalue weighted by atomic mass is 10.2. The minimum Gasteiger partial charge on any atom is -0.459 e. The number of unbranched alkanes of at least 4 members (excludes halogenated alkanes) is 2. The largest absolute Gasteiger partial charge is 0.459 e. The Morgan fingerprint density at radius 1 is 1.32 bits per heavy atom. The van der Waals surface area contributed by atoms with Crippen LogP contribution in [0.15, 0.2) is 27.3 Å². The van der Waals surface area contributed by atoms with E-state index in [1.165, 1.54) is 0 Å². The summed E-state index contributed by atoms with van der Waals surface area (Å²) in [5, 5.41) is 12.6. The van der Waals surface area contributed by atoms with E-state index >= 15 is 0 Å². The number of aromatic nitrogens is 2. The lowest BCUT2D eigenvalue weighted by molar-refractivity contribution is 0.268. The summed E-state index contributed by atoms with van der Waals surface area (Å²) in [6.07, 6.45) is 4.52. The molecule has 0 fully saturated rings. The van der Waals surface area contributed by atoms with Gasteiger partial charge in [-0.2, -0.15) is 4.98 Å². The fourth-order valence-corrected chi connectivity index (χ4v) is 1.81. The van der Waals surface area contributed by atoms with Crippen molar-refractivity contribution in [1.82, 2.24) is 15.0 Å². The van der Waals surface area contributed by atoms with Gasteiger partial charge in [0, 0.05) is 6.61 Å². The van der Waals surface area contributed by atoms with Gasteiger partial charge in [-0.1, -0.05) is 5.16 Å². The Kier molecular flexibility index (Phi) is 5.11. The summed E-state index contributed by atoms with van der Waals surface area (Å²) in [6.45, 7) is 1.86. The van der Waals surface area contributed by atoms with Crippen molar-refractivity contribution in [3.63, 3.8) is 0 Å². The van der Waals surface area contributed by atoms with Gasteiger partial charge in [-0.05, 0) is 45.0 Å². The Morgan fingerprint density at radius 3 is 2.95 bits per heavy atom. The molecule has 0 saturated heterocycles. The second-order valence-corrected chi connectivity index (χ2v) is 4.52. The average Bonchev–Trinajstić information content (AvgIpc) is 3.04. The summed E-state index contributed by atoms with van der Waals surface area (Å²) in [5.74, 6) is 1.65. The number of aliphatic hydroxyl groups is 1. The number of aliphatic hydroxyl groups excluding tert-OH is 1. The van der Waals surface area contributed by atoms with Crippen LogP contribution in [0.2, 0.25) is 0 Å². The monoisotopic (exact) mass is 265 g/mol. The molecule has 0 atom stereocenters. The van der Waals surface area contributed by atoms with E-state index in [1.54, 1.807) is 18.4 Å². The molecule has 2 aromatic rings. The van der Waals surface area contributed by atoms with E-state index < -0.39 is 0 Å². The van der Waals surface area contributed by atoms with Crippen LogP contribution in [0, 0.1) is 0 Å². The number of hydrogen-bond donors (Lipinski definition) is 1. The summed E-state index contributed by atoms with van der Waals surface area (Å²) in [4.78, 5) is 6.42. The van der Waals surface area contributed by atoms with Crippen molar-refractivity contribution < 1.29 is 14.0 Å². The second-order valence-electron chi connectivity index (χ2n) is 4.52. The van der Waals surface area contributed by atoms with Gasteiger partial charge in [0.25, 0.3) is 5.89 Å². The molecule has 19 heavy (non-hydrogen) atoms. The van der Waals surface area contributed by atoms with Crippen LogP contribution >= 0.6 is 0 Å². The Bertz CT molecular complexity index is 467. The van der Waals surface area contributed by atoms with Crippen LogP contribution in [0.4, 0.5) is 0 Å². The molecule has 0 aliphatic rings. The first-order chi connectivity index (χ1) is 9.29. The molecular formula is C13H19N3O3. The van der Waals surface area contributed by atoms with E-state index in [-0.39, 0.29) is 6.61 Å². The van der Waals surface area contributed by atoms with Crippen LogP contribution in [0.5, 0.6) is 0 Å². The van der Waals surface area contributed by atoms with E-state index in [0.717, 1.165) is 25.8 Å². The molecule has 0 radical (unpaired) electrons. The molecule has 0 aliphatic carbocycles. The molecule has 0 spiro atoms. The summed E-state index contributed by atoms with van der Waals surface area (Å²) >= 11 is 0. The maximum absolute atomic E-state index is 8.71. The molecule has 0 aromatic carbocycles. The van der Waals surface area contributed by atoms with Crippen molar-refractivity contribution in [2.24, 2.45) is 0 Å². The first kappa shape index (κ1) is 13.8. The number of hydrogen-bond acceptors (Lipinski definition) is 6. The predicted molar refractivity (Wildman–Crippen MR) is 69.3 cm³/mol. The van der Waals surface area contributed by atoms with Crippen LogP contribution in [-0.4, -0.2) is 40.3 Å². The van der Waals surface area contributed by atoms with Crippen LogP contribution in [0.1, 0.15) is 25.1 Å². The van der Waals surface area contributed by atoms with Crippen molar-refractivity contribution in [3.8, 4) is 11.7 Å². The highest BCUT2D eigenvalue weighted by Crippen LogP contribution is 2.17. The third-order valence-corrected chi connectivity index (χ3v) is 2.81. The minimum atomic E-state index is 0.265. The average molecular weight is 265 g/mol. The Balaban J connectivity index is 1.79. The highest BCUT2D eigenvalue weighted by Gasteiger charge is 2.12. The molecule has 6 heteroatoms. The van der Waals surface area contributed by atoms with Gasteiger partial charge in [0.1, 0.15) is 0 Å². The molecule has 104 valence electrons. The Hall–Kier alpha value is -1.66. The summed E-state index contributed by atoms with van der Waals surface area (Å²) in [5.41, 5.74) is 0. The third kappa shape index (κ3) is 4.18. The lowest BCUT2D eigenvalue weighted by Crippen LogP contribution is -2.19. The quantitative estimate of drug-likeness (QED) is 0.735. The normalized spacial score (nSPS) is 11.3. The van der Waals surface area contributed by atoms with Gasteiger partial charge in [0.15, 0.2) is 11.6 Å². The zero-order valence-corrected chi connectivity index (χ0v) is 11.1. The van der Waals surface area contributed by atoms with Gasteiger partial charge >= 0.3 is 0 Å². The van der Waals surface area contributed by atoms with Gasteiger partial charge in [-0.25, -0.2) is 0 Å². The summed E-state index contributed by atoms with van der Waals surface area (Å²) < 4.78 is 10.3. The van der Waals surface area contributed by atoms with E-state index in [2.05, 4.69) is 15.0 Å². The van der Waals surface area contributed by atoms with E-state index in [0.29, 0.717) is 24.0 Å². The molecule has 0 amide bonds. The summed E-state index contributed by atoms with van der Waals surface area (Å²) in [6, 6.07) is 3.57. The van der Waals surface area contributed by atoms with Crippen LogP contribution in [0.3, 0.4) is 0 Å². The highest BCUT2D eigenvalue weighted by molar-refractivity contribution is 5.42. The molecule has 6 nitrogen and oxygen atoms in total. The fourth-order valence-electron chi connectivity index (χ4n) is 1.81. The number of rotatable bonds is 8. The molecular weight excluding hydrogens is 246 g/mol. The lowest BCUT2D eigenvalue weighted by Gasteiger charge is -2.13. The zero-order valence-electron chi connectivity index (χ0n) is 11.1. The van der Waals surface area contributed by atoms with Crippen molar-refractivity contribution in [1.29, 1.82) is 0 Å². The topological polar surface area (TPSA) is 75.5 Å². The molecule has 1 N–H and O–H groups in total. The van der Waals surface area contributed by atoms with Crippen LogP contribution in [-0.2, 0) is 6.54 Å². The van der Waals surface area contributed by atoms with Crippen molar-refractivity contribution in [3.05, 3.63) is 24.2 Å². The maximum Gasteiger partial charge on any atom is 0.293 e. The molecule has 0 aliphatic heterocycles. The van der Waals surface area contributed by atoms with Crippen LogP contribution in [0.25, 0.3) is 11.7 Å². The second kappa shape index (κ2) is 7.06. The smallest absolute Gasteiger partial charge is 0.293 e. The fraction of sp³-hybridized carbons (Fsp3) is 0.538. The first-order valence-corrected chi connectivity index (χ1v) is 6.45. The molecule has 0 bridgehead atoms. The number of furan rings is 1. The van der Waals surface area contributed by atoms with Gasteiger partial charge in [-0.3, -0.25) is 4.90 Å². The van der Waals surface area contributed by atoms with E-state index in [4.69, 9.17) is 14.0 Å². The van der Waals surface area contributed by atoms with Crippen molar-refractivity contribution in [2.45, 2.75) is 25.8 Å². The number of nitrogens with zero attached hydrogens (tertiary/aromatic N) is 3. The molecule has 2 aromatic heterocycles. The predicted octanol–water partition coefficient (Wildman–Crippen LogP) is 1.92. The SMILES string of the molecule is CN(CCCCCO)Cc1noc(-c2ccco2)n1. The highest BCUT2D eigenvalue weighted by atomic mass is 16.5. The zero-order chi connectivity index (χ0) is 13.5. The molecule has 0 unspecified atom stereocenters. The maximum atomic E-state index is 8.71. The molecule has 2 rings (SSSR count). The Labute approximate surface area is 112 Å². The van der Waals surface area contributed by atoms with Gasteiger partial charge in [0.2, 0.25) is 0 Å². The van der Waals surface area contributed by atoms with E-state index in [9.17, 15) is 0 Å². The van der Waals surface area contributed by atoms with Crippen LogP contribution < -0.4 is 0 Å². The summed E-state index contributed by atoms with van der Waals surface area (Å²) in [7, 11) is 2.02.